The van der Waals surface area contributed by atoms with Crippen molar-refractivity contribution >= 4 is 12.4 Å². The summed E-state index contributed by atoms with van der Waals surface area (Å²) in [6.07, 6.45) is 1.09. The molecule has 1 aliphatic carbocycles. The van der Waals surface area contributed by atoms with Crippen molar-refractivity contribution in [2.75, 3.05) is 13.7 Å². The second kappa shape index (κ2) is 2.68. The third kappa shape index (κ3) is 1.44. The van der Waals surface area contributed by atoms with Gasteiger partial charge in [-0.15, -0.1) is 12.4 Å². The van der Waals surface area contributed by atoms with Crippen LogP contribution in [0.4, 0.5) is 0 Å². The normalized spacial score (nSPS) is 34.8. The fourth-order valence-corrected chi connectivity index (χ4v) is 1.25. The fraction of sp³-hybridized carbons (Fsp3) is 1.00. The molecule has 0 radical (unpaired) electrons. The quantitative estimate of drug-likeness (QED) is 0.667. The Hall–Kier alpha value is 0.210. The molecular weight excluding hydrogens is 150 g/mol. The topological polar surface area (TPSA) is 35.2 Å². The Kier molecular flexibility index (Phi) is 2.74. The van der Waals surface area contributed by atoms with E-state index >= 15 is 0 Å². The highest BCUT2D eigenvalue weighted by atomic mass is 35.5. The van der Waals surface area contributed by atoms with E-state index in [1.165, 1.54) is 0 Å². The van der Waals surface area contributed by atoms with E-state index in [1.807, 2.05) is 0 Å². The molecule has 0 aromatic rings. The molecule has 0 aromatic carbocycles. The van der Waals surface area contributed by atoms with Crippen LogP contribution in [0.1, 0.15) is 20.3 Å². The van der Waals surface area contributed by atoms with Gasteiger partial charge < -0.3 is 10.5 Å². The Bertz CT molecular complexity index is 127. The van der Waals surface area contributed by atoms with Crippen LogP contribution in [0, 0.1) is 5.41 Å². The lowest BCUT2D eigenvalue weighted by molar-refractivity contribution is 0.159. The van der Waals surface area contributed by atoms with Gasteiger partial charge in [0.25, 0.3) is 0 Å². The second-order valence-corrected chi connectivity index (χ2v) is 3.65. The van der Waals surface area contributed by atoms with Crippen molar-refractivity contribution in [1.82, 2.24) is 0 Å². The first kappa shape index (κ1) is 10.2. The van der Waals surface area contributed by atoms with Crippen LogP contribution in [0.2, 0.25) is 0 Å². The third-order valence-electron chi connectivity index (χ3n) is 2.38. The maximum absolute atomic E-state index is 5.91. The summed E-state index contributed by atoms with van der Waals surface area (Å²) in [6.45, 7) is 5.04. The van der Waals surface area contributed by atoms with Gasteiger partial charge in [0.05, 0.1) is 6.61 Å². The minimum Gasteiger partial charge on any atom is -0.383 e. The van der Waals surface area contributed by atoms with Crippen molar-refractivity contribution in [2.24, 2.45) is 11.1 Å². The van der Waals surface area contributed by atoms with Gasteiger partial charge in [-0.25, -0.2) is 0 Å². The molecule has 2 nitrogen and oxygen atoms in total. The molecular formula is C7H16ClNO. The van der Waals surface area contributed by atoms with E-state index in [2.05, 4.69) is 13.8 Å². The molecule has 1 fully saturated rings. The standard InChI is InChI=1S/C7H15NO.ClH/c1-6(2)4-7(6,8)5-9-3;/h4-5,8H2,1-3H3;1H. The second-order valence-electron chi connectivity index (χ2n) is 3.65. The number of hydrogen-bond donors (Lipinski definition) is 1. The van der Waals surface area contributed by atoms with Gasteiger partial charge in [-0.1, -0.05) is 13.8 Å². The highest BCUT2D eigenvalue weighted by molar-refractivity contribution is 5.85. The van der Waals surface area contributed by atoms with Crippen LogP contribution < -0.4 is 5.73 Å². The Morgan fingerprint density at radius 1 is 1.50 bits per heavy atom. The zero-order valence-corrected chi connectivity index (χ0v) is 7.62. The van der Waals surface area contributed by atoms with E-state index in [0.29, 0.717) is 12.0 Å². The molecule has 1 saturated carbocycles. The predicted molar refractivity (Wildman–Crippen MR) is 44.4 cm³/mol. The summed E-state index contributed by atoms with van der Waals surface area (Å²) in [7, 11) is 1.70. The number of hydrogen-bond acceptors (Lipinski definition) is 2. The molecule has 0 aliphatic heterocycles. The first-order valence-electron chi connectivity index (χ1n) is 3.30. The van der Waals surface area contributed by atoms with E-state index in [0.717, 1.165) is 6.42 Å². The van der Waals surface area contributed by atoms with Crippen LogP contribution >= 0.6 is 12.4 Å². The van der Waals surface area contributed by atoms with Crippen LogP contribution in [0.3, 0.4) is 0 Å². The molecule has 0 aromatic heterocycles. The Balaban J connectivity index is 0.000000810. The first-order chi connectivity index (χ1) is 4.02. The van der Waals surface area contributed by atoms with Gasteiger partial charge in [-0.2, -0.15) is 0 Å². The smallest absolute Gasteiger partial charge is 0.0647 e. The van der Waals surface area contributed by atoms with Crippen LogP contribution in [0.15, 0.2) is 0 Å². The summed E-state index contributed by atoms with van der Waals surface area (Å²) in [4.78, 5) is 0. The summed E-state index contributed by atoms with van der Waals surface area (Å²) in [5, 5.41) is 0. The van der Waals surface area contributed by atoms with Crippen molar-refractivity contribution in [3.63, 3.8) is 0 Å². The van der Waals surface area contributed by atoms with Crippen molar-refractivity contribution in [3.05, 3.63) is 0 Å². The molecule has 62 valence electrons. The SMILES string of the molecule is COCC1(N)CC1(C)C.Cl. The van der Waals surface area contributed by atoms with E-state index < -0.39 is 0 Å². The van der Waals surface area contributed by atoms with E-state index in [9.17, 15) is 0 Å². The number of halogens is 1. The zero-order valence-electron chi connectivity index (χ0n) is 6.81. The minimum atomic E-state index is -0.0260. The molecule has 0 heterocycles. The van der Waals surface area contributed by atoms with Gasteiger partial charge in [0.15, 0.2) is 0 Å². The summed E-state index contributed by atoms with van der Waals surface area (Å²) >= 11 is 0. The highest BCUT2D eigenvalue weighted by Crippen LogP contribution is 2.53. The summed E-state index contributed by atoms with van der Waals surface area (Å²) in [5.41, 5.74) is 6.19. The summed E-state index contributed by atoms with van der Waals surface area (Å²) in [5.74, 6) is 0. The van der Waals surface area contributed by atoms with Gasteiger partial charge in [0.1, 0.15) is 0 Å². The van der Waals surface area contributed by atoms with Crippen LogP contribution in [0.5, 0.6) is 0 Å². The molecule has 0 saturated heterocycles. The largest absolute Gasteiger partial charge is 0.383 e. The van der Waals surface area contributed by atoms with Crippen molar-refractivity contribution in [3.8, 4) is 0 Å². The maximum Gasteiger partial charge on any atom is 0.0647 e. The summed E-state index contributed by atoms with van der Waals surface area (Å²) < 4.78 is 4.98. The van der Waals surface area contributed by atoms with Crippen LogP contribution in [-0.2, 0) is 4.74 Å². The fourth-order valence-electron chi connectivity index (χ4n) is 1.25. The molecule has 0 bridgehead atoms. The Morgan fingerprint density at radius 3 is 2.00 bits per heavy atom. The van der Waals surface area contributed by atoms with Crippen molar-refractivity contribution in [2.45, 2.75) is 25.8 Å². The molecule has 0 amide bonds. The molecule has 2 N–H and O–H groups in total. The molecule has 1 unspecified atom stereocenters. The van der Waals surface area contributed by atoms with E-state index in [1.54, 1.807) is 7.11 Å². The van der Waals surface area contributed by atoms with E-state index in [4.69, 9.17) is 10.5 Å². The Labute approximate surface area is 68.5 Å². The lowest BCUT2D eigenvalue weighted by Crippen LogP contribution is -2.33. The molecule has 1 aliphatic rings. The molecule has 0 spiro atoms. The highest BCUT2D eigenvalue weighted by Gasteiger charge is 2.58. The van der Waals surface area contributed by atoms with Crippen LogP contribution in [0.25, 0.3) is 0 Å². The molecule has 3 heteroatoms. The van der Waals surface area contributed by atoms with Gasteiger partial charge in [-0.3, -0.25) is 0 Å². The van der Waals surface area contributed by atoms with Gasteiger partial charge >= 0.3 is 0 Å². The molecule has 1 rings (SSSR count). The predicted octanol–water partition coefficient (Wildman–Crippen LogP) is 1.18. The zero-order chi connectivity index (χ0) is 7.12. The average molecular weight is 166 g/mol. The van der Waals surface area contributed by atoms with Crippen molar-refractivity contribution < 1.29 is 4.74 Å². The maximum atomic E-state index is 5.91. The number of methoxy groups -OCH3 is 1. The molecule has 1 atom stereocenters. The number of rotatable bonds is 2. The minimum absolute atomic E-state index is 0. The van der Waals surface area contributed by atoms with E-state index in [-0.39, 0.29) is 17.9 Å². The Morgan fingerprint density at radius 2 is 1.90 bits per heavy atom. The van der Waals surface area contributed by atoms with Crippen molar-refractivity contribution in [1.29, 1.82) is 0 Å². The van der Waals surface area contributed by atoms with Gasteiger partial charge in [0.2, 0.25) is 0 Å². The third-order valence-corrected chi connectivity index (χ3v) is 2.38. The summed E-state index contributed by atoms with van der Waals surface area (Å²) in [6, 6.07) is 0. The van der Waals surface area contributed by atoms with Crippen LogP contribution in [-0.4, -0.2) is 19.3 Å². The van der Waals surface area contributed by atoms with Gasteiger partial charge in [-0.05, 0) is 11.8 Å². The number of ether oxygens (including phenoxy) is 1. The lowest BCUT2D eigenvalue weighted by atomic mass is 10.1. The van der Waals surface area contributed by atoms with Gasteiger partial charge in [0, 0.05) is 12.6 Å². The first-order valence-corrected chi connectivity index (χ1v) is 3.30. The molecule has 10 heavy (non-hydrogen) atoms. The number of nitrogens with two attached hydrogens (primary N) is 1. The monoisotopic (exact) mass is 165 g/mol. The lowest BCUT2D eigenvalue weighted by Gasteiger charge is -2.12. The average Bonchev–Trinajstić information content (AvgIpc) is 2.07.